The molecule has 2 heterocycles. The van der Waals surface area contributed by atoms with E-state index in [1.165, 1.54) is 11.3 Å². The van der Waals surface area contributed by atoms with Crippen LogP contribution in [0.25, 0.3) is 10.9 Å². The number of nitrogens with zero attached hydrogens (tertiary/aromatic N) is 2. The zero-order chi connectivity index (χ0) is 19.6. The molecule has 0 saturated heterocycles. The molecule has 0 saturated carbocycles. The van der Waals surface area contributed by atoms with Gasteiger partial charge in [0, 0.05) is 36.1 Å². The Morgan fingerprint density at radius 2 is 2.00 bits per heavy atom. The fraction of sp³-hybridized carbons (Fsp3) is 0.278. The molecule has 0 aliphatic heterocycles. The fourth-order valence-electron chi connectivity index (χ4n) is 2.71. The third kappa shape index (κ3) is 3.72. The van der Waals surface area contributed by atoms with Crippen LogP contribution in [0.2, 0.25) is 0 Å². The van der Waals surface area contributed by atoms with Gasteiger partial charge in [-0.1, -0.05) is 0 Å². The minimum Gasteiger partial charge on any atom is -0.497 e. The number of hydrogen-bond acceptors (Lipinski definition) is 6. The first kappa shape index (κ1) is 18.7. The Balaban J connectivity index is 1.83. The molecule has 3 aromatic rings. The van der Waals surface area contributed by atoms with Crippen LogP contribution >= 0.6 is 11.3 Å². The van der Waals surface area contributed by atoms with Crippen molar-refractivity contribution in [3.05, 3.63) is 35.5 Å². The van der Waals surface area contributed by atoms with Gasteiger partial charge in [-0.25, -0.2) is 4.98 Å². The highest BCUT2D eigenvalue weighted by atomic mass is 32.1. The van der Waals surface area contributed by atoms with E-state index in [9.17, 15) is 9.59 Å². The summed E-state index contributed by atoms with van der Waals surface area (Å²) < 4.78 is 12.4. The molecule has 27 heavy (non-hydrogen) atoms. The number of ether oxygens (including phenoxy) is 2. The van der Waals surface area contributed by atoms with E-state index < -0.39 is 6.04 Å². The van der Waals surface area contributed by atoms with Gasteiger partial charge in [-0.3, -0.25) is 9.59 Å². The van der Waals surface area contributed by atoms with E-state index >= 15 is 0 Å². The van der Waals surface area contributed by atoms with Crippen LogP contribution in [0.5, 0.6) is 11.5 Å². The molecule has 1 atom stereocenters. The number of aryl methyl sites for hydroxylation is 1. The van der Waals surface area contributed by atoms with Crippen molar-refractivity contribution in [1.29, 1.82) is 0 Å². The number of thiazole rings is 1. The molecule has 0 radical (unpaired) electrons. The quantitative estimate of drug-likeness (QED) is 0.676. The van der Waals surface area contributed by atoms with Crippen molar-refractivity contribution in [2.24, 2.45) is 7.05 Å². The molecule has 0 aliphatic carbocycles. The molecule has 3 rings (SSSR count). The number of carbonyl (C=O) groups excluding carboxylic acids is 2. The lowest BCUT2D eigenvalue weighted by molar-refractivity contribution is -0.117. The molecule has 142 valence electrons. The van der Waals surface area contributed by atoms with Gasteiger partial charge in [-0.2, -0.15) is 0 Å². The number of amides is 2. The smallest absolute Gasteiger partial charge is 0.268 e. The third-order valence-electron chi connectivity index (χ3n) is 4.19. The van der Waals surface area contributed by atoms with Gasteiger partial charge in [0.25, 0.3) is 5.91 Å². The van der Waals surface area contributed by atoms with Gasteiger partial charge >= 0.3 is 0 Å². The lowest BCUT2D eigenvalue weighted by Crippen LogP contribution is -2.42. The van der Waals surface area contributed by atoms with E-state index in [0.29, 0.717) is 22.3 Å². The van der Waals surface area contributed by atoms with Gasteiger partial charge in [0.2, 0.25) is 5.91 Å². The van der Waals surface area contributed by atoms with Crippen molar-refractivity contribution in [2.45, 2.75) is 13.0 Å². The molecule has 9 heteroatoms. The Morgan fingerprint density at radius 3 is 2.63 bits per heavy atom. The van der Waals surface area contributed by atoms with Crippen LogP contribution in [0.4, 0.5) is 5.13 Å². The average molecular weight is 388 g/mol. The number of nitrogens with one attached hydrogen (secondary N) is 2. The van der Waals surface area contributed by atoms with Crippen LogP contribution in [0.15, 0.2) is 29.8 Å². The second kappa shape index (κ2) is 7.67. The SMILES string of the molecule is COc1cc(OC)c2cc(C(=O)N[C@@H](C)C(=O)Nc3nccs3)n(C)c2c1. The summed E-state index contributed by atoms with van der Waals surface area (Å²) in [6, 6.07) is 4.59. The molecule has 0 aliphatic rings. The predicted octanol–water partition coefficient (Wildman–Crippen LogP) is 2.41. The summed E-state index contributed by atoms with van der Waals surface area (Å²) in [6.07, 6.45) is 1.60. The van der Waals surface area contributed by atoms with Crippen LogP contribution in [0.3, 0.4) is 0 Å². The lowest BCUT2D eigenvalue weighted by atomic mass is 10.2. The zero-order valence-electron chi connectivity index (χ0n) is 15.4. The summed E-state index contributed by atoms with van der Waals surface area (Å²) in [4.78, 5) is 28.9. The Bertz CT molecular complexity index is 981. The van der Waals surface area contributed by atoms with Crippen LogP contribution in [-0.4, -0.2) is 41.6 Å². The van der Waals surface area contributed by atoms with Crippen LogP contribution in [0.1, 0.15) is 17.4 Å². The normalized spacial score (nSPS) is 11.9. The molecule has 2 aromatic heterocycles. The first-order valence-corrected chi connectivity index (χ1v) is 9.05. The molecule has 0 fully saturated rings. The maximum Gasteiger partial charge on any atom is 0.268 e. The Hall–Kier alpha value is -3.07. The Morgan fingerprint density at radius 1 is 1.22 bits per heavy atom. The standard InChI is InChI=1S/C18H20N4O4S/c1-10(16(23)21-18-19-5-6-27-18)20-17(24)14-9-12-13(22(14)2)7-11(25-3)8-15(12)26-4/h5-10H,1-4H3,(H,20,24)(H,19,21,23)/t10-/m0/s1. The molecule has 2 amide bonds. The number of anilines is 1. The van der Waals surface area contributed by atoms with Crippen molar-refractivity contribution in [2.75, 3.05) is 19.5 Å². The predicted molar refractivity (Wildman–Crippen MR) is 104 cm³/mol. The number of benzene rings is 1. The van der Waals surface area contributed by atoms with Crippen molar-refractivity contribution >= 4 is 39.2 Å². The van der Waals surface area contributed by atoms with Gasteiger partial charge in [-0.15, -0.1) is 11.3 Å². The number of aromatic nitrogens is 2. The number of fused-ring (bicyclic) bond motifs is 1. The topological polar surface area (TPSA) is 94.5 Å². The Kier molecular flexibility index (Phi) is 5.31. The highest BCUT2D eigenvalue weighted by Gasteiger charge is 2.21. The van der Waals surface area contributed by atoms with Gasteiger partial charge in [0.15, 0.2) is 5.13 Å². The highest BCUT2D eigenvalue weighted by molar-refractivity contribution is 7.13. The van der Waals surface area contributed by atoms with E-state index in [1.54, 1.807) is 56.5 Å². The number of rotatable bonds is 6. The summed E-state index contributed by atoms with van der Waals surface area (Å²) in [6.45, 7) is 1.62. The van der Waals surface area contributed by atoms with Crippen LogP contribution < -0.4 is 20.1 Å². The molecule has 2 N–H and O–H groups in total. The molecular formula is C18H20N4O4S. The minimum absolute atomic E-state index is 0.337. The maximum atomic E-state index is 12.7. The summed E-state index contributed by atoms with van der Waals surface area (Å²) in [7, 11) is 4.91. The van der Waals surface area contributed by atoms with Gasteiger partial charge in [0.05, 0.1) is 19.7 Å². The van der Waals surface area contributed by atoms with Gasteiger partial charge < -0.3 is 24.7 Å². The first-order chi connectivity index (χ1) is 12.9. The highest BCUT2D eigenvalue weighted by Crippen LogP contribution is 2.33. The molecule has 0 spiro atoms. The van der Waals surface area contributed by atoms with Crippen molar-refractivity contribution in [1.82, 2.24) is 14.9 Å². The van der Waals surface area contributed by atoms with E-state index in [0.717, 1.165) is 10.9 Å². The van der Waals surface area contributed by atoms with E-state index in [-0.39, 0.29) is 11.8 Å². The summed E-state index contributed by atoms with van der Waals surface area (Å²) in [5, 5.41) is 8.40. The van der Waals surface area contributed by atoms with E-state index in [4.69, 9.17) is 9.47 Å². The summed E-state index contributed by atoms with van der Waals surface area (Å²) in [5.41, 5.74) is 1.20. The Labute approximate surface area is 160 Å². The fourth-order valence-corrected chi connectivity index (χ4v) is 3.24. The number of methoxy groups -OCH3 is 2. The first-order valence-electron chi connectivity index (χ1n) is 8.17. The van der Waals surface area contributed by atoms with Gasteiger partial charge in [-0.05, 0) is 13.0 Å². The molecule has 0 bridgehead atoms. The lowest BCUT2D eigenvalue weighted by Gasteiger charge is -2.13. The largest absolute Gasteiger partial charge is 0.497 e. The molecule has 8 nitrogen and oxygen atoms in total. The van der Waals surface area contributed by atoms with E-state index in [1.807, 2.05) is 6.07 Å². The summed E-state index contributed by atoms with van der Waals surface area (Å²) in [5.74, 6) is 0.532. The maximum absolute atomic E-state index is 12.7. The van der Waals surface area contributed by atoms with E-state index in [2.05, 4.69) is 15.6 Å². The van der Waals surface area contributed by atoms with Crippen molar-refractivity contribution in [3.63, 3.8) is 0 Å². The minimum atomic E-state index is -0.726. The van der Waals surface area contributed by atoms with Crippen molar-refractivity contribution in [3.8, 4) is 11.5 Å². The molecular weight excluding hydrogens is 368 g/mol. The molecule has 0 unspecified atom stereocenters. The van der Waals surface area contributed by atoms with Crippen molar-refractivity contribution < 1.29 is 19.1 Å². The average Bonchev–Trinajstić information content (AvgIpc) is 3.28. The summed E-state index contributed by atoms with van der Waals surface area (Å²) >= 11 is 1.31. The third-order valence-corrected chi connectivity index (χ3v) is 4.88. The zero-order valence-corrected chi connectivity index (χ0v) is 16.2. The second-order valence-corrected chi connectivity index (χ2v) is 6.77. The van der Waals surface area contributed by atoms with Crippen LogP contribution in [-0.2, 0) is 11.8 Å². The van der Waals surface area contributed by atoms with Gasteiger partial charge in [0.1, 0.15) is 23.2 Å². The van der Waals surface area contributed by atoms with Crippen LogP contribution in [0, 0.1) is 0 Å². The monoisotopic (exact) mass is 388 g/mol. The second-order valence-electron chi connectivity index (χ2n) is 5.87. The molecule has 1 aromatic carbocycles. The number of carbonyl (C=O) groups is 2. The number of hydrogen-bond donors (Lipinski definition) is 2.